The van der Waals surface area contributed by atoms with Crippen molar-refractivity contribution >= 4 is 17.0 Å². The Hall–Kier alpha value is -1.91. The van der Waals surface area contributed by atoms with E-state index in [0.29, 0.717) is 23.2 Å². The molecule has 1 aliphatic rings. The van der Waals surface area contributed by atoms with E-state index in [4.69, 9.17) is 4.52 Å². The third-order valence-electron chi connectivity index (χ3n) is 4.53. The minimum absolute atomic E-state index is 0.0316. The van der Waals surface area contributed by atoms with E-state index < -0.39 is 0 Å². The van der Waals surface area contributed by atoms with Gasteiger partial charge in [-0.25, -0.2) is 4.98 Å². The molecule has 5 heteroatoms. The molecule has 2 aromatic heterocycles. The van der Waals surface area contributed by atoms with E-state index in [0.717, 1.165) is 23.9 Å². The summed E-state index contributed by atoms with van der Waals surface area (Å²) in [6.45, 7) is 4.12. The summed E-state index contributed by atoms with van der Waals surface area (Å²) in [4.78, 5) is 18.7. The summed E-state index contributed by atoms with van der Waals surface area (Å²) in [6.07, 6.45) is 6.23. The van der Waals surface area contributed by atoms with Crippen LogP contribution < -0.4 is 0 Å². The maximum atomic E-state index is 12.7. The third kappa shape index (κ3) is 2.64. The van der Waals surface area contributed by atoms with Gasteiger partial charge >= 0.3 is 0 Å². The molecule has 2 heterocycles. The van der Waals surface area contributed by atoms with Crippen LogP contribution in [0.2, 0.25) is 0 Å². The summed E-state index contributed by atoms with van der Waals surface area (Å²) in [5, 5.41) is 4.69. The Morgan fingerprint density at radius 1 is 1.43 bits per heavy atom. The molecular formula is C16H21N3O2. The quantitative estimate of drug-likeness (QED) is 0.851. The lowest BCUT2D eigenvalue weighted by Gasteiger charge is -2.34. The van der Waals surface area contributed by atoms with Crippen LogP contribution in [0.5, 0.6) is 0 Å². The Labute approximate surface area is 124 Å². The first-order valence-electron chi connectivity index (χ1n) is 7.55. The SMILES string of the molecule is Cc1noc2ncc(C(=O)N(C)C3CCCC(C)C3)cc12. The van der Waals surface area contributed by atoms with Gasteiger partial charge in [0.1, 0.15) is 0 Å². The lowest BCUT2D eigenvalue weighted by Crippen LogP contribution is -2.39. The number of hydrogen-bond donors (Lipinski definition) is 0. The lowest BCUT2D eigenvalue weighted by molar-refractivity contribution is 0.0672. The van der Waals surface area contributed by atoms with Gasteiger partial charge in [0, 0.05) is 19.3 Å². The number of aromatic nitrogens is 2. The van der Waals surface area contributed by atoms with E-state index in [-0.39, 0.29) is 5.91 Å². The van der Waals surface area contributed by atoms with Crippen molar-refractivity contribution in [3.63, 3.8) is 0 Å². The van der Waals surface area contributed by atoms with E-state index in [2.05, 4.69) is 17.1 Å². The molecule has 0 bridgehead atoms. The molecule has 0 saturated heterocycles. The molecule has 21 heavy (non-hydrogen) atoms. The summed E-state index contributed by atoms with van der Waals surface area (Å²) in [5.41, 5.74) is 1.86. The maximum Gasteiger partial charge on any atom is 0.257 e. The standard InChI is InChI=1S/C16H21N3O2/c1-10-5-4-6-13(7-10)19(3)16(20)12-8-14-11(2)18-21-15(14)17-9-12/h8-10,13H,4-7H2,1-3H3. The molecule has 3 rings (SSSR count). The summed E-state index contributed by atoms with van der Waals surface area (Å²) in [7, 11) is 1.90. The highest BCUT2D eigenvalue weighted by Crippen LogP contribution is 2.27. The third-order valence-corrected chi connectivity index (χ3v) is 4.53. The number of aryl methyl sites for hydroxylation is 1. The molecule has 0 radical (unpaired) electrons. The van der Waals surface area contributed by atoms with Gasteiger partial charge < -0.3 is 9.42 Å². The second kappa shape index (κ2) is 5.47. The van der Waals surface area contributed by atoms with Gasteiger partial charge in [-0.15, -0.1) is 0 Å². The number of pyridine rings is 1. The Kier molecular flexibility index (Phi) is 3.66. The van der Waals surface area contributed by atoms with Gasteiger partial charge in [0.2, 0.25) is 0 Å². The molecule has 2 unspecified atom stereocenters. The van der Waals surface area contributed by atoms with Crippen molar-refractivity contribution in [2.75, 3.05) is 7.05 Å². The van der Waals surface area contributed by atoms with Crippen LogP contribution in [0.1, 0.15) is 48.7 Å². The van der Waals surface area contributed by atoms with Crippen molar-refractivity contribution in [1.82, 2.24) is 15.0 Å². The van der Waals surface area contributed by atoms with Crippen molar-refractivity contribution in [2.24, 2.45) is 5.92 Å². The van der Waals surface area contributed by atoms with E-state index in [1.54, 1.807) is 6.20 Å². The Balaban J connectivity index is 1.83. The minimum Gasteiger partial charge on any atom is -0.339 e. The first kappa shape index (κ1) is 14.0. The first-order chi connectivity index (χ1) is 10.1. The normalized spacial score (nSPS) is 22.4. The van der Waals surface area contributed by atoms with E-state index in [1.807, 2.05) is 24.9 Å². The van der Waals surface area contributed by atoms with Crippen LogP contribution in [0.3, 0.4) is 0 Å². The molecule has 0 spiro atoms. The number of nitrogens with zero attached hydrogens (tertiary/aromatic N) is 3. The minimum atomic E-state index is 0.0316. The molecule has 5 nitrogen and oxygen atoms in total. The first-order valence-corrected chi connectivity index (χ1v) is 7.55. The van der Waals surface area contributed by atoms with Crippen LogP contribution >= 0.6 is 0 Å². The highest BCUT2D eigenvalue weighted by molar-refractivity contribution is 5.97. The molecule has 0 aliphatic heterocycles. The van der Waals surface area contributed by atoms with Gasteiger partial charge in [-0.3, -0.25) is 4.79 Å². The highest BCUT2D eigenvalue weighted by atomic mass is 16.5. The molecule has 1 fully saturated rings. The van der Waals surface area contributed by atoms with Crippen molar-refractivity contribution in [3.8, 4) is 0 Å². The molecule has 1 saturated carbocycles. The van der Waals surface area contributed by atoms with Crippen LogP contribution in [0, 0.1) is 12.8 Å². The van der Waals surface area contributed by atoms with Gasteiger partial charge in [-0.1, -0.05) is 24.9 Å². The van der Waals surface area contributed by atoms with Crippen molar-refractivity contribution in [3.05, 3.63) is 23.5 Å². The van der Waals surface area contributed by atoms with Crippen LogP contribution in [0.15, 0.2) is 16.8 Å². The van der Waals surface area contributed by atoms with E-state index in [1.165, 1.54) is 12.8 Å². The second-order valence-corrected chi connectivity index (χ2v) is 6.19. The van der Waals surface area contributed by atoms with Gasteiger partial charge in [-0.2, -0.15) is 0 Å². The molecule has 0 N–H and O–H groups in total. The fourth-order valence-corrected chi connectivity index (χ4v) is 3.19. The summed E-state index contributed by atoms with van der Waals surface area (Å²) >= 11 is 0. The average molecular weight is 287 g/mol. The van der Waals surface area contributed by atoms with Crippen molar-refractivity contribution in [2.45, 2.75) is 45.6 Å². The predicted molar refractivity (Wildman–Crippen MR) is 80.1 cm³/mol. The van der Waals surface area contributed by atoms with E-state index in [9.17, 15) is 4.79 Å². The Bertz CT molecular complexity index is 665. The Morgan fingerprint density at radius 3 is 3.00 bits per heavy atom. The van der Waals surface area contributed by atoms with E-state index >= 15 is 0 Å². The number of rotatable bonds is 2. The van der Waals surface area contributed by atoms with Crippen molar-refractivity contribution < 1.29 is 9.32 Å². The number of carbonyl (C=O) groups excluding carboxylic acids is 1. The van der Waals surface area contributed by atoms with Crippen molar-refractivity contribution in [1.29, 1.82) is 0 Å². The number of amides is 1. The maximum absolute atomic E-state index is 12.7. The summed E-state index contributed by atoms with van der Waals surface area (Å²) < 4.78 is 5.09. The van der Waals surface area contributed by atoms with Gasteiger partial charge in [0.05, 0.1) is 16.6 Å². The monoisotopic (exact) mass is 287 g/mol. The van der Waals surface area contributed by atoms with Gasteiger partial charge in [0.15, 0.2) is 0 Å². The molecule has 0 aromatic carbocycles. The van der Waals surface area contributed by atoms with Crippen LogP contribution in [0.4, 0.5) is 0 Å². The van der Waals surface area contributed by atoms with Crippen LogP contribution in [-0.2, 0) is 0 Å². The molecule has 2 atom stereocenters. The summed E-state index contributed by atoms with van der Waals surface area (Å²) in [6, 6.07) is 2.17. The topological polar surface area (TPSA) is 59.2 Å². The van der Waals surface area contributed by atoms with Gasteiger partial charge in [0.25, 0.3) is 11.6 Å². The molecular weight excluding hydrogens is 266 g/mol. The van der Waals surface area contributed by atoms with Crippen LogP contribution in [-0.4, -0.2) is 34.0 Å². The number of fused-ring (bicyclic) bond motifs is 1. The number of hydrogen-bond acceptors (Lipinski definition) is 4. The summed E-state index contributed by atoms with van der Waals surface area (Å²) in [5.74, 6) is 0.726. The Morgan fingerprint density at radius 2 is 2.24 bits per heavy atom. The fraction of sp³-hybridized carbons (Fsp3) is 0.562. The zero-order valence-electron chi connectivity index (χ0n) is 12.8. The predicted octanol–water partition coefficient (Wildman–Crippen LogP) is 3.18. The average Bonchev–Trinajstić information content (AvgIpc) is 2.87. The second-order valence-electron chi connectivity index (χ2n) is 6.19. The van der Waals surface area contributed by atoms with Crippen LogP contribution in [0.25, 0.3) is 11.1 Å². The molecule has 2 aromatic rings. The zero-order valence-corrected chi connectivity index (χ0v) is 12.8. The molecule has 1 amide bonds. The molecule has 112 valence electrons. The largest absolute Gasteiger partial charge is 0.339 e. The highest BCUT2D eigenvalue weighted by Gasteiger charge is 2.26. The molecule has 1 aliphatic carbocycles. The lowest BCUT2D eigenvalue weighted by atomic mass is 9.86. The fourth-order valence-electron chi connectivity index (χ4n) is 3.19. The smallest absolute Gasteiger partial charge is 0.257 e. The zero-order chi connectivity index (χ0) is 15.0. The van der Waals surface area contributed by atoms with Gasteiger partial charge in [-0.05, 0) is 31.7 Å². The number of carbonyl (C=O) groups is 1.